The van der Waals surface area contributed by atoms with E-state index in [-0.39, 0.29) is 35.9 Å². The molecular formula is C28H32FN5O5S. The number of nitrogens with zero attached hydrogens (tertiary/aromatic N) is 2. The molecule has 0 saturated heterocycles. The van der Waals surface area contributed by atoms with Crippen molar-refractivity contribution in [2.24, 2.45) is 9.39 Å². The Bertz CT molecular complexity index is 1430. The van der Waals surface area contributed by atoms with Gasteiger partial charge in [-0.1, -0.05) is 24.3 Å². The van der Waals surface area contributed by atoms with Crippen LogP contribution in [0.25, 0.3) is 0 Å². The zero-order valence-electron chi connectivity index (χ0n) is 21.9. The highest BCUT2D eigenvalue weighted by Crippen LogP contribution is 2.16. The zero-order valence-corrected chi connectivity index (χ0v) is 22.7. The van der Waals surface area contributed by atoms with Gasteiger partial charge in [0.25, 0.3) is 0 Å². The van der Waals surface area contributed by atoms with Crippen molar-refractivity contribution >= 4 is 27.6 Å². The molecule has 40 heavy (non-hydrogen) atoms. The number of aliphatic hydroxyl groups is 1. The van der Waals surface area contributed by atoms with Gasteiger partial charge in [0.2, 0.25) is 0 Å². The largest absolute Gasteiger partial charge is 0.508 e. The Morgan fingerprint density at radius 2 is 1.70 bits per heavy atom. The highest BCUT2D eigenvalue weighted by Gasteiger charge is 2.26. The number of aliphatic hydroxyl groups excluding tert-OH is 1. The Morgan fingerprint density at radius 3 is 2.40 bits per heavy atom. The average Bonchev–Trinajstić information content (AvgIpc) is 3.22. The highest BCUT2D eigenvalue weighted by molar-refractivity contribution is 7.89. The maximum absolute atomic E-state index is 13.1. The standard InChI is InChI=1S/C28H32FN5O5S/c1-19(31-17-25(36)18-39-26-12-10-24(35)11-13-26)16-21-4-8-23(9-5-21)32-28-27(33-40(37,38)34-28)30-15-14-20-2-6-22(29)7-3-20/h2-13,19,25,31,35-36H,14-18H2,1H3,(H,30,33)(H,32,34)/t19?,25-/m0/s1. The van der Waals surface area contributed by atoms with Gasteiger partial charge in [0.05, 0.1) is 0 Å². The molecule has 0 bridgehead atoms. The average molecular weight is 570 g/mol. The van der Waals surface area contributed by atoms with Crippen molar-refractivity contribution in [3.8, 4) is 11.5 Å². The van der Waals surface area contributed by atoms with E-state index < -0.39 is 16.3 Å². The summed E-state index contributed by atoms with van der Waals surface area (Å²) in [5.74, 6) is 0.625. The molecule has 0 fully saturated rings. The number of aromatic hydroxyl groups is 1. The number of hydrogen-bond donors (Lipinski definition) is 5. The van der Waals surface area contributed by atoms with Gasteiger partial charge in [-0.2, -0.15) is 8.42 Å². The topological polar surface area (TPSA) is 145 Å². The third-order valence-electron chi connectivity index (χ3n) is 5.98. The molecule has 1 aliphatic heterocycles. The van der Waals surface area contributed by atoms with Crippen LogP contribution in [0.5, 0.6) is 11.5 Å². The molecule has 0 aromatic heterocycles. The number of hydrogen-bond acceptors (Lipinski definition) is 8. The molecule has 212 valence electrons. The van der Waals surface area contributed by atoms with Gasteiger partial charge in [0.1, 0.15) is 30.0 Å². The molecule has 1 unspecified atom stereocenters. The van der Waals surface area contributed by atoms with E-state index in [1.807, 2.05) is 31.2 Å². The fourth-order valence-electron chi connectivity index (χ4n) is 3.91. The second kappa shape index (κ2) is 13.4. The molecule has 0 radical (unpaired) electrons. The minimum absolute atomic E-state index is 0.0792. The summed E-state index contributed by atoms with van der Waals surface area (Å²) >= 11 is 0. The van der Waals surface area contributed by atoms with Crippen molar-refractivity contribution in [2.45, 2.75) is 31.9 Å². The van der Waals surface area contributed by atoms with E-state index in [0.29, 0.717) is 37.4 Å². The predicted octanol–water partition coefficient (Wildman–Crippen LogP) is 2.79. The minimum atomic E-state index is -3.88. The molecule has 3 aromatic rings. The van der Waals surface area contributed by atoms with Crippen molar-refractivity contribution < 1.29 is 27.8 Å². The maximum Gasteiger partial charge on any atom is 0.345 e. The minimum Gasteiger partial charge on any atom is -0.508 e. The Balaban J connectivity index is 1.24. The van der Waals surface area contributed by atoms with Crippen LogP contribution in [0.3, 0.4) is 0 Å². The first-order valence-corrected chi connectivity index (χ1v) is 14.2. The van der Waals surface area contributed by atoms with Gasteiger partial charge in [-0.15, -0.1) is 4.40 Å². The SMILES string of the molecule is CC(Cc1ccc(NC2=NS(=O)(=O)NC2=NCCc2ccc(F)cc2)cc1)NC[C@H](O)COc1ccc(O)cc1. The molecule has 0 spiro atoms. The number of phenolic OH excluding ortho intramolecular Hbond substituents is 1. The summed E-state index contributed by atoms with van der Waals surface area (Å²) in [6, 6.07) is 20.0. The van der Waals surface area contributed by atoms with E-state index in [9.17, 15) is 23.0 Å². The molecule has 0 aliphatic carbocycles. The summed E-state index contributed by atoms with van der Waals surface area (Å²) in [6.07, 6.45) is 0.521. The van der Waals surface area contributed by atoms with E-state index in [2.05, 4.69) is 24.7 Å². The van der Waals surface area contributed by atoms with Crippen LogP contribution in [0.4, 0.5) is 10.1 Å². The number of benzene rings is 3. The fraction of sp³-hybridized carbons (Fsp3) is 0.286. The quantitative estimate of drug-likeness (QED) is 0.226. The molecule has 10 nitrogen and oxygen atoms in total. The summed E-state index contributed by atoms with van der Waals surface area (Å²) in [5, 5.41) is 25.8. The number of phenols is 1. The number of nitrogens with one attached hydrogen (secondary N) is 3. The molecule has 1 heterocycles. The molecule has 0 amide bonds. The third kappa shape index (κ3) is 9.04. The molecular weight excluding hydrogens is 537 g/mol. The number of amidine groups is 2. The smallest absolute Gasteiger partial charge is 0.345 e. The predicted molar refractivity (Wildman–Crippen MR) is 153 cm³/mol. The van der Waals surface area contributed by atoms with Crippen molar-refractivity contribution in [2.75, 3.05) is 25.0 Å². The van der Waals surface area contributed by atoms with Crippen LogP contribution in [0.1, 0.15) is 18.1 Å². The molecule has 1 aliphatic rings. The first-order chi connectivity index (χ1) is 19.1. The van der Waals surface area contributed by atoms with E-state index in [0.717, 1.165) is 11.1 Å². The second-order valence-electron chi connectivity index (χ2n) is 9.42. The van der Waals surface area contributed by atoms with Gasteiger partial charge in [-0.05, 0) is 79.4 Å². The lowest BCUT2D eigenvalue weighted by atomic mass is 10.1. The van der Waals surface area contributed by atoms with Crippen molar-refractivity contribution in [1.82, 2.24) is 10.0 Å². The zero-order chi connectivity index (χ0) is 28.5. The van der Waals surface area contributed by atoms with Crippen LogP contribution in [0.2, 0.25) is 0 Å². The Hall–Kier alpha value is -4.00. The number of rotatable bonds is 12. The van der Waals surface area contributed by atoms with Crippen molar-refractivity contribution in [3.05, 3.63) is 89.7 Å². The maximum atomic E-state index is 13.1. The van der Waals surface area contributed by atoms with Crippen LogP contribution < -0.4 is 20.1 Å². The van der Waals surface area contributed by atoms with Gasteiger partial charge in [0.15, 0.2) is 11.7 Å². The van der Waals surface area contributed by atoms with Gasteiger partial charge in [-0.25, -0.2) is 9.11 Å². The van der Waals surface area contributed by atoms with Crippen LogP contribution in [-0.2, 0) is 23.1 Å². The van der Waals surface area contributed by atoms with Crippen LogP contribution in [0, 0.1) is 5.82 Å². The first-order valence-electron chi connectivity index (χ1n) is 12.8. The third-order valence-corrected chi connectivity index (χ3v) is 6.86. The molecule has 4 rings (SSSR count). The van der Waals surface area contributed by atoms with Gasteiger partial charge >= 0.3 is 10.2 Å². The normalized spacial score (nSPS) is 16.7. The fourth-order valence-corrected chi connectivity index (χ4v) is 4.74. The Kier molecular flexibility index (Phi) is 9.70. The van der Waals surface area contributed by atoms with Crippen LogP contribution in [0.15, 0.2) is 82.2 Å². The van der Waals surface area contributed by atoms with Crippen LogP contribution in [-0.4, -0.2) is 62.1 Å². The van der Waals surface area contributed by atoms with E-state index in [1.54, 1.807) is 24.3 Å². The second-order valence-corrected chi connectivity index (χ2v) is 10.8. The number of halogens is 1. The summed E-state index contributed by atoms with van der Waals surface area (Å²) in [6.45, 7) is 2.78. The monoisotopic (exact) mass is 569 g/mol. The first kappa shape index (κ1) is 29.0. The Morgan fingerprint density at radius 1 is 1.02 bits per heavy atom. The summed E-state index contributed by atoms with van der Waals surface area (Å²) in [7, 11) is -3.88. The van der Waals surface area contributed by atoms with Gasteiger partial charge in [0, 0.05) is 24.8 Å². The molecule has 12 heteroatoms. The number of ether oxygens (including phenoxy) is 1. The van der Waals surface area contributed by atoms with Crippen molar-refractivity contribution in [1.29, 1.82) is 0 Å². The summed E-state index contributed by atoms with van der Waals surface area (Å²) in [4.78, 5) is 4.33. The summed E-state index contributed by atoms with van der Waals surface area (Å²) in [5.41, 5.74) is 2.58. The van der Waals surface area contributed by atoms with Gasteiger partial charge in [-0.3, -0.25) is 4.99 Å². The number of anilines is 1. The Labute approximate surface area is 232 Å². The lowest BCUT2D eigenvalue weighted by molar-refractivity contribution is 0.104. The molecule has 2 atom stereocenters. The molecule has 5 N–H and O–H groups in total. The van der Waals surface area contributed by atoms with E-state index in [1.165, 1.54) is 24.3 Å². The summed E-state index contributed by atoms with van der Waals surface area (Å²) < 4.78 is 48.7. The van der Waals surface area contributed by atoms with E-state index in [4.69, 9.17) is 4.74 Å². The van der Waals surface area contributed by atoms with Crippen molar-refractivity contribution in [3.63, 3.8) is 0 Å². The van der Waals surface area contributed by atoms with E-state index >= 15 is 0 Å². The lowest BCUT2D eigenvalue weighted by Gasteiger charge is -2.18. The number of aliphatic imine (C=N–C) groups is 1. The van der Waals surface area contributed by atoms with Gasteiger partial charge < -0.3 is 25.6 Å². The molecule has 3 aromatic carbocycles. The highest BCUT2D eigenvalue weighted by atomic mass is 32.2. The molecule has 0 saturated carbocycles. The van der Waals surface area contributed by atoms with Crippen LogP contribution >= 0.6 is 0 Å². The lowest BCUT2D eigenvalue weighted by Crippen LogP contribution is -2.37.